The van der Waals surface area contributed by atoms with E-state index < -0.39 is 25.5 Å². The lowest BCUT2D eigenvalue weighted by atomic mass is 10.2. The molecule has 2 N–H and O–H groups in total. The maximum absolute atomic E-state index is 12.3. The van der Waals surface area contributed by atoms with Gasteiger partial charge in [-0.1, -0.05) is 17.7 Å². The Morgan fingerprint density at radius 3 is 2.50 bits per heavy atom. The van der Waals surface area contributed by atoms with E-state index in [2.05, 4.69) is 4.72 Å². The van der Waals surface area contributed by atoms with Crippen molar-refractivity contribution in [3.8, 4) is 5.75 Å². The molecule has 0 aliphatic heterocycles. The minimum Gasteiger partial charge on any atom is -0.506 e. The van der Waals surface area contributed by atoms with Gasteiger partial charge in [0, 0.05) is 11.1 Å². The van der Waals surface area contributed by atoms with Crippen LogP contribution in [-0.2, 0) is 10.0 Å². The van der Waals surface area contributed by atoms with Crippen LogP contribution in [0.1, 0.15) is 5.56 Å². The zero-order valence-corrected chi connectivity index (χ0v) is 12.9. The van der Waals surface area contributed by atoms with Gasteiger partial charge in [-0.3, -0.25) is 14.8 Å². The van der Waals surface area contributed by atoms with Crippen molar-refractivity contribution in [3.63, 3.8) is 0 Å². The van der Waals surface area contributed by atoms with Gasteiger partial charge in [-0.15, -0.1) is 0 Å². The Balaban J connectivity index is 2.49. The predicted octanol–water partition coefficient (Wildman–Crippen LogP) is 3.06. The Labute approximate surface area is 131 Å². The zero-order chi connectivity index (χ0) is 16.5. The Bertz CT molecular complexity index is 852. The fraction of sp³-hybridized carbons (Fsp3) is 0.0769. The second-order valence-corrected chi connectivity index (χ2v) is 6.58. The molecular weight excluding hydrogens is 332 g/mol. The van der Waals surface area contributed by atoms with Gasteiger partial charge in [0.05, 0.1) is 10.6 Å². The van der Waals surface area contributed by atoms with Gasteiger partial charge in [0.2, 0.25) is 0 Å². The number of halogens is 1. The van der Waals surface area contributed by atoms with Crippen LogP contribution in [0.25, 0.3) is 0 Å². The van der Waals surface area contributed by atoms with Crippen LogP contribution >= 0.6 is 11.6 Å². The Kier molecular flexibility index (Phi) is 4.25. The van der Waals surface area contributed by atoms with Crippen LogP contribution in [0.5, 0.6) is 5.75 Å². The number of nitro groups is 1. The minimum absolute atomic E-state index is 0.0452. The lowest BCUT2D eigenvalue weighted by molar-refractivity contribution is -0.387. The number of benzene rings is 2. The average molecular weight is 343 g/mol. The van der Waals surface area contributed by atoms with E-state index in [0.717, 1.165) is 17.7 Å². The number of sulfonamides is 1. The van der Waals surface area contributed by atoms with Crippen LogP contribution in [0.15, 0.2) is 41.3 Å². The fourth-order valence-electron chi connectivity index (χ4n) is 1.79. The summed E-state index contributed by atoms with van der Waals surface area (Å²) in [6.45, 7) is 1.72. The molecule has 0 bridgehead atoms. The summed E-state index contributed by atoms with van der Waals surface area (Å²) >= 11 is 5.65. The first-order valence-electron chi connectivity index (χ1n) is 5.97. The normalized spacial score (nSPS) is 11.2. The summed E-state index contributed by atoms with van der Waals surface area (Å²) < 4.78 is 26.7. The molecule has 0 aliphatic carbocycles. The molecule has 0 saturated carbocycles. The highest BCUT2D eigenvalue weighted by Gasteiger charge is 2.26. The van der Waals surface area contributed by atoms with Gasteiger partial charge in [0.25, 0.3) is 15.7 Å². The standard InChI is InChI=1S/C13H11ClN2O5S/c1-8-2-4-10(12(17)6-8)15-22(20,21)13-5-3-9(14)7-11(13)16(18)19/h2-7,15,17H,1H3. The number of hydrogen-bond donors (Lipinski definition) is 2. The zero-order valence-electron chi connectivity index (χ0n) is 11.3. The van der Waals surface area contributed by atoms with Gasteiger partial charge >= 0.3 is 0 Å². The van der Waals surface area contributed by atoms with E-state index in [9.17, 15) is 23.6 Å². The molecule has 2 aromatic carbocycles. The van der Waals surface area contributed by atoms with Gasteiger partial charge < -0.3 is 5.11 Å². The molecular formula is C13H11ClN2O5S. The van der Waals surface area contributed by atoms with Crippen molar-refractivity contribution in [2.75, 3.05) is 4.72 Å². The molecule has 116 valence electrons. The number of phenolic OH excluding ortho intramolecular Hbond substituents is 1. The van der Waals surface area contributed by atoms with E-state index in [-0.39, 0.29) is 16.5 Å². The number of aromatic hydroxyl groups is 1. The predicted molar refractivity (Wildman–Crippen MR) is 81.8 cm³/mol. The molecule has 0 amide bonds. The topological polar surface area (TPSA) is 110 Å². The molecule has 0 heterocycles. The van der Waals surface area contributed by atoms with E-state index in [1.807, 2.05) is 0 Å². The van der Waals surface area contributed by atoms with Crippen LogP contribution in [0, 0.1) is 17.0 Å². The largest absolute Gasteiger partial charge is 0.506 e. The second-order valence-electron chi connectivity index (χ2n) is 4.50. The molecule has 2 aromatic rings. The lowest BCUT2D eigenvalue weighted by Gasteiger charge is -2.10. The van der Waals surface area contributed by atoms with Crippen LogP contribution in [0.4, 0.5) is 11.4 Å². The summed E-state index contributed by atoms with van der Waals surface area (Å²) in [5, 5.41) is 20.8. The van der Waals surface area contributed by atoms with Gasteiger partial charge in [0.1, 0.15) is 5.75 Å². The third kappa shape index (κ3) is 3.29. The van der Waals surface area contributed by atoms with Crippen molar-refractivity contribution in [2.24, 2.45) is 0 Å². The number of nitrogens with zero attached hydrogens (tertiary/aromatic N) is 1. The number of nitrogens with one attached hydrogen (secondary N) is 1. The van der Waals surface area contributed by atoms with Crippen molar-refractivity contribution in [2.45, 2.75) is 11.8 Å². The van der Waals surface area contributed by atoms with Crippen LogP contribution < -0.4 is 4.72 Å². The number of hydrogen-bond acceptors (Lipinski definition) is 5. The van der Waals surface area contributed by atoms with E-state index in [0.29, 0.717) is 0 Å². The highest BCUT2D eigenvalue weighted by molar-refractivity contribution is 7.92. The first-order chi connectivity index (χ1) is 10.2. The maximum atomic E-state index is 12.3. The molecule has 9 heteroatoms. The number of aryl methyl sites for hydroxylation is 1. The van der Waals surface area contributed by atoms with Crippen molar-refractivity contribution < 1.29 is 18.4 Å². The maximum Gasteiger partial charge on any atom is 0.291 e. The van der Waals surface area contributed by atoms with Gasteiger partial charge in [-0.2, -0.15) is 0 Å². The third-order valence-electron chi connectivity index (χ3n) is 2.80. The number of rotatable bonds is 4. The van der Waals surface area contributed by atoms with Crippen LogP contribution in [0.3, 0.4) is 0 Å². The highest BCUT2D eigenvalue weighted by Crippen LogP contribution is 2.31. The molecule has 22 heavy (non-hydrogen) atoms. The van der Waals surface area contributed by atoms with Crippen molar-refractivity contribution in [3.05, 3.63) is 57.1 Å². The first kappa shape index (κ1) is 16.1. The van der Waals surface area contributed by atoms with Crippen molar-refractivity contribution in [1.82, 2.24) is 0 Å². The van der Waals surface area contributed by atoms with Gasteiger partial charge in [0.15, 0.2) is 4.90 Å². The summed E-state index contributed by atoms with van der Waals surface area (Å²) in [5.74, 6) is -0.278. The summed E-state index contributed by atoms with van der Waals surface area (Å²) in [6.07, 6.45) is 0. The molecule has 0 spiro atoms. The van der Waals surface area contributed by atoms with E-state index in [1.165, 1.54) is 18.2 Å². The average Bonchev–Trinajstić information content (AvgIpc) is 2.41. The summed E-state index contributed by atoms with van der Waals surface area (Å²) in [4.78, 5) is 9.61. The molecule has 0 fully saturated rings. The highest BCUT2D eigenvalue weighted by atomic mass is 35.5. The van der Waals surface area contributed by atoms with Gasteiger partial charge in [-0.05, 0) is 36.8 Å². The lowest BCUT2D eigenvalue weighted by Crippen LogP contribution is -2.14. The molecule has 2 rings (SSSR count). The minimum atomic E-state index is -4.25. The Hall–Kier alpha value is -2.32. The summed E-state index contributed by atoms with van der Waals surface area (Å²) in [5.41, 5.74) is 0.0133. The molecule has 0 atom stereocenters. The molecule has 0 aliphatic rings. The number of phenols is 1. The fourth-order valence-corrected chi connectivity index (χ4v) is 3.18. The smallest absolute Gasteiger partial charge is 0.291 e. The van der Waals surface area contributed by atoms with E-state index in [4.69, 9.17) is 11.6 Å². The Morgan fingerprint density at radius 1 is 1.23 bits per heavy atom. The molecule has 0 saturated heterocycles. The van der Waals surface area contributed by atoms with E-state index in [1.54, 1.807) is 13.0 Å². The number of anilines is 1. The number of nitro benzene ring substituents is 1. The van der Waals surface area contributed by atoms with Crippen LogP contribution in [-0.4, -0.2) is 18.4 Å². The van der Waals surface area contributed by atoms with Crippen molar-refractivity contribution >= 4 is 33.0 Å². The summed E-state index contributed by atoms with van der Waals surface area (Å²) in [7, 11) is -4.25. The quantitative estimate of drug-likeness (QED) is 0.504. The monoisotopic (exact) mass is 342 g/mol. The SMILES string of the molecule is Cc1ccc(NS(=O)(=O)c2ccc(Cl)cc2[N+](=O)[O-])c(O)c1. The molecule has 0 unspecified atom stereocenters. The van der Waals surface area contributed by atoms with Gasteiger partial charge in [-0.25, -0.2) is 8.42 Å². The first-order valence-corrected chi connectivity index (χ1v) is 7.83. The Morgan fingerprint density at radius 2 is 1.91 bits per heavy atom. The summed E-state index contributed by atoms with van der Waals surface area (Å²) in [6, 6.07) is 7.54. The van der Waals surface area contributed by atoms with Crippen molar-refractivity contribution in [1.29, 1.82) is 0 Å². The molecule has 7 nitrogen and oxygen atoms in total. The second kappa shape index (κ2) is 5.82. The van der Waals surface area contributed by atoms with Crippen LogP contribution in [0.2, 0.25) is 5.02 Å². The molecule has 0 radical (unpaired) electrons. The molecule has 0 aromatic heterocycles. The van der Waals surface area contributed by atoms with E-state index >= 15 is 0 Å². The third-order valence-corrected chi connectivity index (χ3v) is 4.45.